The lowest BCUT2D eigenvalue weighted by Crippen LogP contribution is -2.56. The first kappa shape index (κ1) is 16.2. The molecule has 0 unspecified atom stereocenters. The van der Waals surface area contributed by atoms with Crippen LogP contribution >= 0.6 is 0 Å². The summed E-state index contributed by atoms with van der Waals surface area (Å²) < 4.78 is 6.14. The number of aromatic nitrogens is 1. The summed E-state index contributed by atoms with van der Waals surface area (Å²) in [5.41, 5.74) is 1.10. The van der Waals surface area contributed by atoms with Crippen LogP contribution in [0.25, 0.3) is 0 Å². The molecule has 1 aromatic heterocycles. The van der Waals surface area contributed by atoms with Crippen molar-refractivity contribution in [3.8, 4) is 0 Å². The number of nitrogens with zero attached hydrogens (tertiary/aromatic N) is 2. The van der Waals surface area contributed by atoms with Crippen LogP contribution in [-0.2, 0) is 11.3 Å². The molecule has 0 aliphatic carbocycles. The number of pyridine rings is 1. The summed E-state index contributed by atoms with van der Waals surface area (Å²) in [6.07, 6.45) is 3.00. The molecule has 21 heavy (non-hydrogen) atoms. The summed E-state index contributed by atoms with van der Waals surface area (Å²) in [5.74, 6) is 0.973. The first-order chi connectivity index (χ1) is 9.80. The van der Waals surface area contributed by atoms with Gasteiger partial charge in [-0.3, -0.25) is 4.90 Å². The smallest absolute Gasteiger partial charge is 0.126 e. The summed E-state index contributed by atoms with van der Waals surface area (Å²) in [7, 11) is 0. The highest BCUT2D eigenvalue weighted by Crippen LogP contribution is 2.29. The van der Waals surface area contributed by atoms with Crippen molar-refractivity contribution in [3.63, 3.8) is 0 Å². The van der Waals surface area contributed by atoms with Crippen molar-refractivity contribution >= 4 is 5.82 Å². The van der Waals surface area contributed by atoms with Gasteiger partial charge in [-0.1, -0.05) is 6.92 Å². The van der Waals surface area contributed by atoms with Crippen LogP contribution in [-0.4, -0.2) is 40.7 Å². The number of anilines is 1. The van der Waals surface area contributed by atoms with Crippen LogP contribution in [0.1, 0.15) is 46.6 Å². The molecular formula is C17H29N3O. The third kappa shape index (κ3) is 4.97. The highest BCUT2D eigenvalue weighted by atomic mass is 16.5. The fourth-order valence-corrected chi connectivity index (χ4v) is 3.24. The molecule has 0 atom stereocenters. The minimum absolute atomic E-state index is 0.0991. The van der Waals surface area contributed by atoms with Gasteiger partial charge >= 0.3 is 0 Å². The van der Waals surface area contributed by atoms with Gasteiger partial charge in [0.05, 0.1) is 11.2 Å². The van der Waals surface area contributed by atoms with Crippen LogP contribution in [0.4, 0.5) is 5.82 Å². The number of morpholine rings is 1. The Hall–Kier alpha value is -1.13. The molecule has 2 heterocycles. The molecule has 1 N–H and O–H groups in total. The Bertz CT molecular complexity index is 455. The molecule has 0 radical (unpaired) electrons. The van der Waals surface area contributed by atoms with Crippen molar-refractivity contribution < 1.29 is 4.74 Å². The predicted molar refractivity (Wildman–Crippen MR) is 87.5 cm³/mol. The Morgan fingerprint density at radius 1 is 1.24 bits per heavy atom. The van der Waals surface area contributed by atoms with Gasteiger partial charge in [-0.25, -0.2) is 4.98 Å². The number of rotatable bonds is 5. The van der Waals surface area contributed by atoms with E-state index in [1.165, 1.54) is 5.56 Å². The molecule has 0 bridgehead atoms. The van der Waals surface area contributed by atoms with Crippen LogP contribution in [0.3, 0.4) is 0 Å². The summed E-state index contributed by atoms with van der Waals surface area (Å²) >= 11 is 0. The lowest BCUT2D eigenvalue weighted by atomic mass is 9.98. The van der Waals surface area contributed by atoms with Gasteiger partial charge < -0.3 is 10.1 Å². The quantitative estimate of drug-likeness (QED) is 0.903. The van der Waals surface area contributed by atoms with Crippen molar-refractivity contribution in [2.45, 2.75) is 58.8 Å². The molecule has 118 valence electrons. The van der Waals surface area contributed by atoms with Crippen LogP contribution < -0.4 is 5.32 Å². The minimum Gasteiger partial charge on any atom is -0.370 e. The van der Waals surface area contributed by atoms with E-state index < -0.39 is 0 Å². The lowest BCUT2D eigenvalue weighted by molar-refractivity contribution is -0.182. The van der Waals surface area contributed by atoms with E-state index >= 15 is 0 Å². The highest BCUT2D eigenvalue weighted by Gasteiger charge is 2.37. The van der Waals surface area contributed by atoms with Gasteiger partial charge in [0.1, 0.15) is 5.82 Å². The molecule has 1 saturated heterocycles. The number of hydrogen-bond acceptors (Lipinski definition) is 4. The molecule has 1 aliphatic rings. The first-order valence-corrected chi connectivity index (χ1v) is 7.91. The topological polar surface area (TPSA) is 37.4 Å². The van der Waals surface area contributed by atoms with E-state index in [0.29, 0.717) is 0 Å². The monoisotopic (exact) mass is 291 g/mol. The molecule has 0 amide bonds. The van der Waals surface area contributed by atoms with Crippen LogP contribution in [0, 0.1) is 0 Å². The minimum atomic E-state index is -0.0991. The average molecular weight is 291 g/mol. The molecule has 2 rings (SSSR count). The van der Waals surface area contributed by atoms with Crippen molar-refractivity contribution in [3.05, 3.63) is 23.9 Å². The second kappa shape index (κ2) is 6.32. The van der Waals surface area contributed by atoms with E-state index in [4.69, 9.17) is 4.74 Å². The Labute approximate surface area is 128 Å². The second-order valence-electron chi connectivity index (χ2n) is 7.24. The molecule has 4 nitrogen and oxygen atoms in total. The van der Waals surface area contributed by atoms with Crippen LogP contribution in [0.5, 0.6) is 0 Å². The molecule has 1 aliphatic heterocycles. The highest BCUT2D eigenvalue weighted by molar-refractivity contribution is 5.37. The van der Waals surface area contributed by atoms with Gasteiger partial charge in [0.25, 0.3) is 0 Å². The molecule has 0 aromatic carbocycles. The summed E-state index contributed by atoms with van der Waals surface area (Å²) in [6.45, 7) is 14.7. The molecular weight excluding hydrogens is 262 g/mol. The fourth-order valence-electron chi connectivity index (χ4n) is 3.24. The van der Waals surface area contributed by atoms with E-state index in [0.717, 1.165) is 38.4 Å². The normalized spacial score (nSPS) is 21.2. The maximum absolute atomic E-state index is 6.14. The van der Waals surface area contributed by atoms with Gasteiger partial charge in [-0.2, -0.15) is 0 Å². The van der Waals surface area contributed by atoms with Gasteiger partial charge in [-0.05, 0) is 51.8 Å². The van der Waals surface area contributed by atoms with Crippen molar-refractivity contribution in [2.24, 2.45) is 0 Å². The standard InChI is InChI=1S/C17H29N3O/c1-6-8-18-15-10-14(7-9-19-15)11-20-12-16(2,3)21-17(4,5)13-20/h7,9-10H,6,8,11-13H2,1-5H3,(H,18,19). The second-order valence-corrected chi connectivity index (χ2v) is 7.24. The van der Waals surface area contributed by atoms with E-state index in [2.05, 4.69) is 62.0 Å². The van der Waals surface area contributed by atoms with Gasteiger partial charge in [-0.15, -0.1) is 0 Å². The summed E-state index contributed by atoms with van der Waals surface area (Å²) in [5, 5.41) is 3.35. The van der Waals surface area contributed by atoms with E-state index in [1.54, 1.807) is 0 Å². The van der Waals surface area contributed by atoms with Crippen LogP contribution in [0.2, 0.25) is 0 Å². The van der Waals surface area contributed by atoms with Gasteiger partial charge in [0, 0.05) is 32.4 Å². The number of nitrogens with one attached hydrogen (secondary N) is 1. The van der Waals surface area contributed by atoms with Crippen molar-refractivity contribution in [1.82, 2.24) is 9.88 Å². The third-order valence-electron chi connectivity index (χ3n) is 3.55. The molecule has 1 aromatic rings. The Morgan fingerprint density at radius 2 is 1.90 bits per heavy atom. The van der Waals surface area contributed by atoms with Crippen molar-refractivity contribution in [1.29, 1.82) is 0 Å². The zero-order valence-corrected chi connectivity index (χ0v) is 14.1. The predicted octanol–water partition coefficient (Wildman–Crippen LogP) is 3.29. The average Bonchev–Trinajstić information content (AvgIpc) is 2.33. The summed E-state index contributed by atoms with van der Waals surface area (Å²) in [6, 6.07) is 4.26. The van der Waals surface area contributed by atoms with Crippen LogP contribution in [0.15, 0.2) is 18.3 Å². The maximum atomic E-state index is 6.14. The maximum Gasteiger partial charge on any atom is 0.126 e. The SMILES string of the molecule is CCCNc1cc(CN2CC(C)(C)OC(C)(C)C2)ccn1. The summed E-state index contributed by atoms with van der Waals surface area (Å²) in [4.78, 5) is 6.85. The Kier molecular flexibility index (Phi) is 4.89. The largest absolute Gasteiger partial charge is 0.370 e. The van der Waals surface area contributed by atoms with Gasteiger partial charge in [0.15, 0.2) is 0 Å². The Morgan fingerprint density at radius 3 is 2.52 bits per heavy atom. The number of ether oxygens (including phenoxy) is 1. The molecule has 0 saturated carbocycles. The van der Waals surface area contributed by atoms with E-state index in [1.807, 2.05) is 6.20 Å². The van der Waals surface area contributed by atoms with Crippen molar-refractivity contribution in [2.75, 3.05) is 25.0 Å². The van der Waals surface area contributed by atoms with E-state index in [9.17, 15) is 0 Å². The third-order valence-corrected chi connectivity index (χ3v) is 3.55. The molecule has 1 fully saturated rings. The van der Waals surface area contributed by atoms with Gasteiger partial charge in [0.2, 0.25) is 0 Å². The number of hydrogen-bond donors (Lipinski definition) is 1. The zero-order chi connectivity index (χ0) is 15.5. The zero-order valence-electron chi connectivity index (χ0n) is 14.1. The lowest BCUT2D eigenvalue weighted by Gasteiger charge is -2.47. The fraction of sp³-hybridized carbons (Fsp3) is 0.706. The molecule has 0 spiro atoms. The Balaban J connectivity index is 2.03. The van der Waals surface area contributed by atoms with E-state index in [-0.39, 0.29) is 11.2 Å². The molecule has 4 heteroatoms. The first-order valence-electron chi connectivity index (χ1n) is 7.91.